The van der Waals surface area contributed by atoms with Gasteiger partial charge in [-0.3, -0.25) is 4.68 Å². The number of pyridine rings is 1. The highest BCUT2D eigenvalue weighted by atomic mass is 35.5. The molecule has 1 N–H and O–H groups in total. The van der Waals surface area contributed by atoms with Gasteiger partial charge in [0.2, 0.25) is 0 Å². The largest absolute Gasteiger partial charge is 0.346 e. The lowest BCUT2D eigenvalue weighted by Gasteiger charge is -2.01. The number of nitrogens with zero attached hydrogens (tertiary/aromatic N) is 3. The van der Waals surface area contributed by atoms with Crippen LogP contribution in [-0.4, -0.2) is 19.7 Å². The van der Waals surface area contributed by atoms with Gasteiger partial charge < -0.3 is 4.98 Å². The van der Waals surface area contributed by atoms with Crippen LogP contribution in [0.2, 0.25) is 5.02 Å². The maximum Gasteiger partial charge on any atom is 0.138 e. The highest BCUT2D eigenvalue weighted by molar-refractivity contribution is 6.37. The summed E-state index contributed by atoms with van der Waals surface area (Å²) in [6.07, 6.45) is 7.29. The predicted molar refractivity (Wildman–Crippen MR) is 63.3 cm³/mol. The fourth-order valence-electron chi connectivity index (χ4n) is 1.74. The second-order valence-electron chi connectivity index (χ2n) is 3.63. The first-order chi connectivity index (χ1) is 7.75. The van der Waals surface area contributed by atoms with E-state index in [0.717, 1.165) is 22.2 Å². The summed E-state index contributed by atoms with van der Waals surface area (Å²) < 4.78 is 1.74. The van der Waals surface area contributed by atoms with Crippen molar-refractivity contribution < 1.29 is 0 Å². The molecule has 5 heteroatoms. The fourth-order valence-corrected chi connectivity index (χ4v) is 2.05. The summed E-state index contributed by atoms with van der Waals surface area (Å²) in [6, 6.07) is 1.92. The van der Waals surface area contributed by atoms with Gasteiger partial charge in [-0.15, -0.1) is 0 Å². The molecule has 0 radical (unpaired) electrons. The van der Waals surface area contributed by atoms with Crippen LogP contribution in [0.3, 0.4) is 0 Å². The van der Waals surface area contributed by atoms with Gasteiger partial charge in [0.1, 0.15) is 5.65 Å². The Morgan fingerprint density at radius 2 is 2.25 bits per heavy atom. The van der Waals surface area contributed by atoms with Gasteiger partial charge in [-0.1, -0.05) is 11.6 Å². The molecule has 80 valence electrons. The Morgan fingerprint density at radius 1 is 1.38 bits per heavy atom. The first-order valence-electron chi connectivity index (χ1n) is 4.86. The molecule has 0 aromatic carbocycles. The number of aromatic amines is 1. The molecule has 3 aromatic heterocycles. The number of hydrogen-bond donors (Lipinski definition) is 1. The van der Waals surface area contributed by atoms with Gasteiger partial charge in [0.05, 0.1) is 11.2 Å². The average Bonchev–Trinajstić information content (AvgIpc) is 2.87. The molecule has 0 saturated heterocycles. The van der Waals surface area contributed by atoms with Crippen molar-refractivity contribution >= 4 is 22.6 Å². The monoisotopic (exact) mass is 232 g/mol. The number of rotatable bonds is 1. The van der Waals surface area contributed by atoms with Crippen LogP contribution < -0.4 is 0 Å². The first kappa shape index (κ1) is 9.42. The zero-order valence-corrected chi connectivity index (χ0v) is 9.36. The third-order valence-corrected chi connectivity index (χ3v) is 2.94. The van der Waals surface area contributed by atoms with Gasteiger partial charge in [-0.25, -0.2) is 4.98 Å². The number of nitrogens with one attached hydrogen (secondary N) is 1. The summed E-state index contributed by atoms with van der Waals surface area (Å²) in [6.45, 7) is 0. The van der Waals surface area contributed by atoms with E-state index in [2.05, 4.69) is 15.1 Å². The quantitative estimate of drug-likeness (QED) is 0.701. The molecule has 0 bridgehead atoms. The van der Waals surface area contributed by atoms with Crippen molar-refractivity contribution in [3.63, 3.8) is 0 Å². The topological polar surface area (TPSA) is 46.5 Å². The Morgan fingerprint density at radius 3 is 3.00 bits per heavy atom. The molecule has 0 aliphatic carbocycles. The molecule has 0 atom stereocenters. The Kier molecular flexibility index (Phi) is 1.97. The van der Waals surface area contributed by atoms with E-state index >= 15 is 0 Å². The summed E-state index contributed by atoms with van der Waals surface area (Å²) in [7, 11) is 1.87. The van der Waals surface area contributed by atoms with Crippen molar-refractivity contribution in [2.45, 2.75) is 0 Å². The molecule has 0 amide bonds. The van der Waals surface area contributed by atoms with E-state index in [9.17, 15) is 0 Å². The lowest BCUT2D eigenvalue weighted by atomic mass is 10.1. The molecule has 0 saturated carbocycles. The van der Waals surface area contributed by atoms with Crippen molar-refractivity contribution in [1.82, 2.24) is 19.7 Å². The molecule has 3 heterocycles. The average molecular weight is 233 g/mol. The van der Waals surface area contributed by atoms with Crippen LogP contribution in [0.15, 0.2) is 30.9 Å². The molecule has 3 rings (SSSR count). The molecule has 0 aliphatic heterocycles. The van der Waals surface area contributed by atoms with E-state index in [1.165, 1.54) is 0 Å². The zero-order chi connectivity index (χ0) is 11.1. The summed E-state index contributed by atoms with van der Waals surface area (Å²) in [5.41, 5.74) is 2.68. The highest BCUT2D eigenvalue weighted by Crippen LogP contribution is 2.32. The predicted octanol–water partition coefficient (Wildman–Crippen LogP) is 2.62. The van der Waals surface area contributed by atoms with Crippen LogP contribution in [-0.2, 0) is 7.05 Å². The summed E-state index contributed by atoms with van der Waals surface area (Å²) in [5.74, 6) is 0. The second-order valence-corrected chi connectivity index (χ2v) is 4.01. The minimum atomic E-state index is 0.708. The van der Waals surface area contributed by atoms with Gasteiger partial charge in [-0.2, -0.15) is 5.10 Å². The van der Waals surface area contributed by atoms with Crippen LogP contribution in [0.5, 0.6) is 0 Å². The number of H-pyrrole nitrogens is 1. The van der Waals surface area contributed by atoms with Crippen molar-refractivity contribution in [1.29, 1.82) is 0 Å². The molecular formula is C11H9ClN4. The lowest BCUT2D eigenvalue weighted by molar-refractivity contribution is 0.768. The lowest BCUT2D eigenvalue weighted by Crippen LogP contribution is -1.85. The zero-order valence-electron chi connectivity index (χ0n) is 8.61. The molecule has 0 spiro atoms. The van der Waals surface area contributed by atoms with Gasteiger partial charge in [0.15, 0.2) is 0 Å². The van der Waals surface area contributed by atoms with E-state index in [4.69, 9.17) is 11.6 Å². The Balaban J connectivity index is 2.27. The number of halogens is 1. The van der Waals surface area contributed by atoms with E-state index < -0.39 is 0 Å². The number of aromatic nitrogens is 4. The van der Waals surface area contributed by atoms with E-state index in [1.54, 1.807) is 17.1 Å². The molecular weight excluding hydrogens is 224 g/mol. The fraction of sp³-hybridized carbons (Fsp3) is 0.0909. The van der Waals surface area contributed by atoms with Gasteiger partial charge >= 0.3 is 0 Å². The van der Waals surface area contributed by atoms with Crippen LogP contribution in [0.25, 0.3) is 22.2 Å². The normalized spacial score (nSPS) is 11.1. The first-order valence-corrected chi connectivity index (χ1v) is 5.24. The molecule has 16 heavy (non-hydrogen) atoms. The third-order valence-electron chi connectivity index (χ3n) is 2.54. The van der Waals surface area contributed by atoms with Crippen LogP contribution in [0, 0.1) is 0 Å². The number of aryl methyl sites for hydroxylation is 1. The van der Waals surface area contributed by atoms with Gasteiger partial charge in [0.25, 0.3) is 0 Å². The van der Waals surface area contributed by atoms with Crippen LogP contribution in [0.4, 0.5) is 0 Å². The Labute approximate surface area is 96.9 Å². The SMILES string of the molecule is Cn1cc(-c2cnc3[nH]ccc3c2Cl)cn1. The van der Waals surface area contributed by atoms with Crippen molar-refractivity contribution in [3.05, 3.63) is 35.9 Å². The Hall–Kier alpha value is -1.81. The summed E-state index contributed by atoms with van der Waals surface area (Å²) in [4.78, 5) is 7.34. The molecule has 4 nitrogen and oxygen atoms in total. The van der Waals surface area contributed by atoms with Crippen molar-refractivity contribution in [2.24, 2.45) is 7.05 Å². The summed E-state index contributed by atoms with van der Waals surface area (Å²) >= 11 is 6.33. The smallest absolute Gasteiger partial charge is 0.138 e. The number of hydrogen-bond acceptors (Lipinski definition) is 2. The maximum absolute atomic E-state index is 6.33. The molecule has 0 fully saturated rings. The van der Waals surface area contributed by atoms with Crippen LogP contribution >= 0.6 is 11.6 Å². The highest BCUT2D eigenvalue weighted by Gasteiger charge is 2.10. The van der Waals surface area contributed by atoms with Crippen molar-refractivity contribution in [2.75, 3.05) is 0 Å². The Bertz CT molecular complexity index is 653. The van der Waals surface area contributed by atoms with E-state index in [-0.39, 0.29) is 0 Å². The number of fused-ring (bicyclic) bond motifs is 1. The van der Waals surface area contributed by atoms with Crippen molar-refractivity contribution in [3.8, 4) is 11.1 Å². The molecule has 0 unspecified atom stereocenters. The van der Waals surface area contributed by atoms with Gasteiger partial charge in [0, 0.05) is 42.2 Å². The van der Waals surface area contributed by atoms with Gasteiger partial charge in [-0.05, 0) is 6.07 Å². The van der Waals surface area contributed by atoms with E-state index in [1.807, 2.05) is 25.5 Å². The molecule has 3 aromatic rings. The summed E-state index contributed by atoms with van der Waals surface area (Å²) in [5, 5.41) is 5.77. The maximum atomic E-state index is 6.33. The van der Waals surface area contributed by atoms with Crippen LogP contribution in [0.1, 0.15) is 0 Å². The van der Waals surface area contributed by atoms with E-state index in [0.29, 0.717) is 5.02 Å². The minimum Gasteiger partial charge on any atom is -0.346 e. The second kappa shape index (κ2) is 3.35. The third kappa shape index (κ3) is 1.31. The standard InChI is InChI=1S/C11H9ClN4/c1-16-6-7(4-15-16)9-5-14-11-8(10(9)12)2-3-13-11/h2-6H,1H3,(H,13,14). The molecule has 0 aliphatic rings. The minimum absolute atomic E-state index is 0.708.